The van der Waals surface area contributed by atoms with Crippen molar-refractivity contribution in [2.24, 2.45) is 0 Å². The van der Waals surface area contributed by atoms with Crippen molar-refractivity contribution < 1.29 is 33.4 Å². The number of nitrogens with one attached hydrogen (secondary N) is 4. The Kier molecular flexibility index (Phi) is 7.44. The molecule has 0 fully saturated rings. The zero-order valence-electron chi connectivity index (χ0n) is 17.3. The van der Waals surface area contributed by atoms with E-state index in [4.69, 9.17) is 10.2 Å². The molecular weight excluding hydrogens is 438 g/mol. The first kappa shape index (κ1) is 23.5. The second-order valence-corrected chi connectivity index (χ2v) is 7.31. The third-order valence-corrected chi connectivity index (χ3v) is 4.98. The first-order valence-electron chi connectivity index (χ1n) is 10.1. The summed E-state index contributed by atoms with van der Waals surface area (Å²) < 4.78 is 28.0. The minimum absolute atomic E-state index is 0.117. The summed E-state index contributed by atoms with van der Waals surface area (Å²) in [6.45, 7) is 0.00194. The molecule has 0 aliphatic heterocycles. The molecule has 6 N–H and O–H groups in total. The lowest BCUT2D eigenvalue weighted by molar-refractivity contribution is 0.0939. The van der Waals surface area contributed by atoms with Gasteiger partial charge in [-0.2, -0.15) is 0 Å². The summed E-state index contributed by atoms with van der Waals surface area (Å²) in [6, 6.07) is 9.93. The van der Waals surface area contributed by atoms with Gasteiger partial charge in [0.2, 0.25) is 0 Å². The summed E-state index contributed by atoms with van der Waals surface area (Å²) in [5, 5.41) is 24.6. The Morgan fingerprint density at radius 1 is 0.939 bits per heavy atom. The van der Waals surface area contributed by atoms with Gasteiger partial charge in [-0.1, -0.05) is 18.2 Å². The van der Waals surface area contributed by atoms with Gasteiger partial charge in [0, 0.05) is 30.0 Å². The van der Waals surface area contributed by atoms with E-state index in [0.29, 0.717) is 17.5 Å². The number of fused-ring (bicyclic) bond motifs is 1. The van der Waals surface area contributed by atoms with Crippen LogP contribution in [0.15, 0.2) is 42.5 Å². The fourth-order valence-electron chi connectivity index (χ4n) is 3.39. The maximum Gasteiger partial charge on any atom is 0.404 e. The van der Waals surface area contributed by atoms with E-state index in [0.717, 1.165) is 5.56 Å². The maximum absolute atomic E-state index is 14.8. The van der Waals surface area contributed by atoms with E-state index in [9.17, 15) is 23.2 Å². The number of carbonyl (C=O) groups is 3. The molecule has 0 aliphatic carbocycles. The van der Waals surface area contributed by atoms with E-state index >= 15 is 0 Å². The lowest BCUT2D eigenvalue weighted by Gasteiger charge is -2.17. The van der Waals surface area contributed by atoms with Crippen LogP contribution in [-0.2, 0) is 0 Å². The van der Waals surface area contributed by atoms with Crippen LogP contribution in [0.5, 0.6) is 0 Å². The van der Waals surface area contributed by atoms with E-state index < -0.39 is 30.0 Å². The van der Waals surface area contributed by atoms with E-state index in [-0.39, 0.29) is 36.4 Å². The van der Waals surface area contributed by atoms with Crippen LogP contribution in [0.4, 0.5) is 18.4 Å². The van der Waals surface area contributed by atoms with Gasteiger partial charge in [-0.05, 0) is 48.2 Å². The normalized spacial score (nSPS) is 11.7. The smallest absolute Gasteiger partial charge is 0.404 e. The van der Waals surface area contributed by atoms with Crippen molar-refractivity contribution >= 4 is 29.0 Å². The predicted octanol–water partition coefficient (Wildman–Crippen LogP) is 3.53. The zero-order valence-corrected chi connectivity index (χ0v) is 17.3. The highest BCUT2D eigenvalue weighted by Gasteiger charge is 2.20. The standard InChI is InChI=1S/C22H22F2N4O5/c23-14-6-3-12(4-7-14)13-5-8-16-17(10-13)28-19(18(16)24)20(29)26-11-15(27-22(32)33)2-1-9-25-21(30)31/h3-8,10,15,25,27-28H,1-2,9,11H2,(H,26,29)(H,30,31)(H,32,33). The van der Waals surface area contributed by atoms with Gasteiger partial charge in [-0.25, -0.2) is 18.4 Å². The Labute approximate surface area is 186 Å². The number of halogens is 2. The molecule has 11 heteroatoms. The average Bonchev–Trinajstić information content (AvgIpc) is 3.10. The molecule has 3 aromatic rings. The molecule has 174 valence electrons. The second kappa shape index (κ2) is 10.4. The van der Waals surface area contributed by atoms with E-state index in [1.54, 1.807) is 24.3 Å². The van der Waals surface area contributed by atoms with Gasteiger partial charge in [0.15, 0.2) is 5.82 Å². The van der Waals surface area contributed by atoms with Gasteiger partial charge in [0.05, 0.1) is 0 Å². The molecule has 1 atom stereocenters. The number of benzene rings is 2. The Bertz CT molecular complexity index is 1160. The number of carboxylic acid groups (broad SMARTS) is 2. The van der Waals surface area contributed by atoms with Gasteiger partial charge in [-0.3, -0.25) is 4.79 Å². The molecule has 0 saturated carbocycles. The second-order valence-electron chi connectivity index (χ2n) is 7.31. The molecule has 1 aromatic heterocycles. The lowest BCUT2D eigenvalue weighted by atomic mass is 10.0. The van der Waals surface area contributed by atoms with Gasteiger partial charge in [0.25, 0.3) is 5.91 Å². The predicted molar refractivity (Wildman–Crippen MR) is 116 cm³/mol. The molecule has 33 heavy (non-hydrogen) atoms. The monoisotopic (exact) mass is 460 g/mol. The largest absolute Gasteiger partial charge is 0.465 e. The van der Waals surface area contributed by atoms with Crippen LogP contribution in [0, 0.1) is 11.6 Å². The van der Waals surface area contributed by atoms with Crippen LogP contribution in [-0.4, -0.2) is 52.4 Å². The van der Waals surface area contributed by atoms with Crippen molar-refractivity contribution in [1.29, 1.82) is 0 Å². The molecule has 3 rings (SSSR count). The Morgan fingerprint density at radius 2 is 1.64 bits per heavy atom. The number of hydrogen-bond donors (Lipinski definition) is 6. The van der Waals surface area contributed by atoms with Gasteiger partial charge < -0.3 is 31.1 Å². The SMILES string of the molecule is O=C(O)NCCCC(CNC(=O)c1[nH]c2cc(-c3ccc(F)cc3)ccc2c1F)NC(=O)O. The summed E-state index contributed by atoms with van der Waals surface area (Å²) >= 11 is 0. The van der Waals surface area contributed by atoms with Gasteiger partial charge in [0.1, 0.15) is 11.5 Å². The number of carbonyl (C=O) groups excluding carboxylic acids is 1. The molecule has 1 unspecified atom stereocenters. The summed E-state index contributed by atoms with van der Waals surface area (Å²) in [4.78, 5) is 36.8. The van der Waals surface area contributed by atoms with E-state index in [1.807, 2.05) is 0 Å². The Morgan fingerprint density at radius 3 is 2.30 bits per heavy atom. The van der Waals surface area contributed by atoms with Gasteiger partial charge in [-0.15, -0.1) is 0 Å². The number of aromatic amines is 1. The Balaban J connectivity index is 1.69. The molecule has 0 radical (unpaired) electrons. The molecular formula is C22H22F2N4O5. The first-order valence-corrected chi connectivity index (χ1v) is 10.1. The average molecular weight is 460 g/mol. The summed E-state index contributed by atoms with van der Waals surface area (Å²) in [7, 11) is 0. The highest BCUT2D eigenvalue weighted by atomic mass is 19.1. The zero-order chi connectivity index (χ0) is 24.0. The molecule has 3 amide bonds. The topological polar surface area (TPSA) is 144 Å². The van der Waals surface area contributed by atoms with Crippen LogP contribution in [0.2, 0.25) is 0 Å². The van der Waals surface area contributed by atoms with Crippen molar-refractivity contribution in [3.8, 4) is 11.1 Å². The van der Waals surface area contributed by atoms with Crippen LogP contribution in [0.3, 0.4) is 0 Å². The molecule has 0 saturated heterocycles. The molecule has 1 heterocycles. The quantitative estimate of drug-likeness (QED) is 0.271. The van der Waals surface area contributed by atoms with Crippen molar-refractivity contribution in [3.05, 3.63) is 59.8 Å². The lowest BCUT2D eigenvalue weighted by Crippen LogP contribution is -2.43. The number of rotatable bonds is 9. The fraction of sp³-hybridized carbons (Fsp3) is 0.227. The Hall–Kier alpha value is -4.15. The first-order chi connectivity index (χ1) is 15.7. The fourth-order valence-corrected chi connectivity index (χ4v) is 3.39. The summed E-state index contributed by atoms with van der Waals surface area (Å²) in [5.41, 5.74) is 1.50. The molecule has 0 spiro atoms. The molecule has 9 nitrogen and oxygen atoms in total. The minimum atomic E-state index is -1.30. The summed E-state index contributed by atoms with van der Waals surface area (Å²) in [5.74, 6) is -1.88. The maximum atomic E-state index is 14.8. The van der Waals surface area contributed by atoms with Crippen LogP contribution in [0.25, 0.3) is 22.0 Å². The number of amides is 3. The van der Waals surface area contributed by atoms with Crippen LogP contribution < -0.4 is 16.0 Å². The number of hydrogen-bond acceptors (Lipinski definition) is 3. The highest BCUT2D eigenvalue weighted by molar-refractivity contribution is 5.99. The van der Waals surface area contributed by atoms with E-state index in [1.165, 1.54) is 18.2 Å². The van der Waals surface area contributed by atoms with Crippen LogP contribution in [0.1, 0.15) is 23.3 Å². The third-order valence-electron chi connectivity index (χ3n) is 4.98. The minimum Gasteiger partial charge on any atom is -0.465 e. The molecule has 0 aliphatic rings. The number of H-pyrrole nitrogens is 1. The van der Waals surface area contributed by atoms with Crippen molar-refractivity contribution in [2.75, 3.05) is 13.1 Å². The highest BCUT2D eigenvalue weighted by Crippen LogP contribution is 2.27. The van der Waals surface area contributed by atoms with Crippen molar-refractivity contribution in [2.45, 2.75) is 18.9 Å². The van der Waals surface area contributed by atoms with Crippen molar-refractivity contribution in [1.82, 2.24) is 20.9 Å². The third kappa shape index (κ3) is 6.19. The van der Waals surface area contributed by atoms with Crippen molar-refractivity contribution in [3.63, 3.8) is 0 Å². The number of aromatic nitrogens is 1. The van der Waals surface area contributed by atoms with Gasteiger partial charge >= 0.3 is 12.2 Å². The molecule has 0 bridgehead atoms. The van der Waals surface area contributed by atoms with Crippen LogP contribution >= 0.6 is 0 Å². The van der Waals surface area contributed by atoms with E-state index in [2.05, 4.69) is 20.9 Å². The molecule has 2 aromatic carbocycles. The summed E-state index contributed by atoms with van der Waals surface area (Å²) in [6.07, 6.45) is -1.91.